The van der Waals surface area contributed by atoms with Gasteiger partial charge in [-0.05, 0) is 66.2 Å². The fourth-order valence-electron chi connectivity index (χ4n) is 3.39. The third-order valence-corrected chi connectivity index (χ3v) is 4.68. The summed E-state index contributed by atoms with van der Waals surface area (Å²) in [5.41, 5.74) is 10.0. The highest BCUT2D eigenvalue weighted by molar-refractivity contribution is 5.97. The van der Waals surface area contributed by atoms with E-state index in [0.29, 0.717) is 6.54 Å². The van der Waals surface area contributed by atoms with Crippen molar-refractivity contribution in [2.45, 2.75) is 73.2 Å². The Labute approximate surface area is 173 Å². The molecule has 0 saturated carbocycles. The highest BCUT2D eigenvalue weighted by Crippen LogP contribution is 2.12. The molecule has 7 nitrogen and oxygen atoms in total. The Morgan fingerprint density at radius 2 is 1.83 bits per heavy atom. The number of aromatic nitrogens is 2. The minimum absolute atomic E-state index is 0.0842. The number of carbonyl (C=O) groups excluding carboxylic acids is 1. The monoisotopic (exact) mass is 399 g/mol. The first-order valence-electron chi connectivity index (χ1n) is 10.0. The largest absolute Gasteiger partial charge is 0.381 e. The van der Waals surface area contributed by atoms with Crippen molar-refractivity contribution in [2.24, 2.45) is 10.9 Å². The molecule has 0 bridgehead atoms. The van der Waals surface area contributed by atoms with E-state index in [1.165, 1.54) is 0 Å². The summed E-state index contributed by atoms with van der Waals surface area (Å²) in [6.45, 7) is 14.3. The molecule has 1 aromatic carbocycles. The lowest BCUT2D eigenvalue weighted by molar-refractivity contribution is -0.146. The highest BCUT2D eigenvalue weighted by atomic mass is 16.6. The molecule has 0 aliphatic heterocycles. The number of nitrogens with zero attached hydrogens (tertiary/aromatic N) is 4. The molecule has 1 atom stereocenters. The van der Waals surface area contributed by atoms with Crippen LogP contribution in [0.2, 0.25) is 0 Å². The number of benzene rings is 1. The molecule has 1 aromatic heterocycles. The van der Waals surface area contributed by atoms with Gasteiger partial charge in [0.05, 0.1) is 12.2 Å². The average molecular weight is 400 g/mol. The van der Waals surface area contributed by atoms with Crippen LogP contribution in [0.1, 0.15) is 57.1 Å². The minimum Gasteiger partial charge on any atom is -0.381 e. The van der Waals surface area contributed by atoms with Crippen molar-refractivity contribution in [1.82, 2.24) is 14.7 Å². The number of amides is 1. The van der Waals surface area contributed by atoms with Crippen LogP contribution in [0, 0.1) is 13.8 Å². The maximum absolute atomic E-state index is 12.6. The van der Waals surface area contributed by atoms with Gasteiger partial charge in [-0.2, -0.15) is 5.10 Å². The smallest absolute Gasteiger partial charge is 0.266 e. The maximum Gasteiger partial charge on any atom is 0.266 e. The third-order valence-electron chi connectivity index (χ3n) is 4.68. The number of aryl methyl sites for hydroxylation is 2. The van der Waals surface area contributed by atoms with Crippen molar-refractivity contribution in [1.29, 1.82) is 0 Å². The third kappa shape index (κ3) is 5.82. The molecule has 2 N–H and O–H groups in total. The zero-order chi connectivity index (χ0) is 21.7. The van der Waals surface area contributed by atoms with Crippen molar-refractivity contribution in [3.63, 3.8) is 0 Å². The topological polar surface area (TPSA) is 85.7 Å². The maximum atomic E-state index is 12.6. The zero-order valence-corrected chi connectivity index (χ0v) is 18.5. The Morgan fingerprint density at radius 1 is 1.17 bits per heavy atom. The van der Waals surface area contributed by atoms with Crippen molar-refractivity contribution < 1.29 is 9.63 Å². The summed E-state index contributed by atoms with van der Waals surface area (Å²) in [6, 6.07) is 9.98. The van der Waals surface area contributed by atoms with Gasteiger partial charge in [-0.3, -0.25) is 9.48 Å². The van der Waals surface area contributed by atoms with Gasteiger partial charge in [-0.15, -0.1) is 0 Å². The van der Waals surface area contributed by atoms with E-state index in [2.05, 4.69) is 10.3 Å². The highest BCUT2D eigenvalue weighted by Gasteiger charge is 2.26. The van der Waals surface area contributed by atoms with Gasteiger partial charge in [0.15, 0.2) is 5.84 Å². The second kappa shape index (κ2) is 9.58. The Morgan fingerprint density at radius 3 is 2.38 bits per heavy atom. The number of amidine groups is 1. The second-order valence-electron chi connectivity index (χ2n) is 7.94. The van der Waals surface area contributed by atoms with Crippen LogP contribution in [0.25, 0.3) is 0 Å². The van der Waals surface area contributed by atoms with E-state index in [1.54, 1.807) is 11.8 Å². The van der Waals surface area contributed by atoms with Crippen LogP contribution in [-0.4, -0.2) is 44.6 Å². The molecule has 1 amide bonds. The van der Waals surface area contributed by atoms with Gasteiger partial charge >= 0.3 is 0 Å². The van der Waals surface area contributed by atoms with Crippen LogP contribution >= 0.6 is 0 Å². The van der Waals surface area contributed by atoms with Gasteiger partial charge < -0.3 is 15.5 Å². The average Bonchev–Trinajstić information content (AvgIpc) is 2.95. The van der Waals surface area contributed by atoms with Crippen LogP contribution < -0.4 is 5.73 Å². The van der Waals surface area contributed by atoms with Crippen molar-refractivity contribution >= 4 is 11.7 Å². The lowest BCUT2D eigenvalue weighted by Crippen LogP contribution is -2.46. The molecule has 0 aliphatic carbocycles. The molecule has 2 aromatic rings. The number of rotatable bonds is 8. The number of oxime groups is 1. The summed E-state index contributed by atoms with van der Waals surface area (Å²) < 4.78 is 1.95. The van der Waals surface area contributed by atoms with Gasteiger partial charge in [0, 0.05) is 23.3 Å². The fraction of sp³-hybridized carbons (Fsp3) is 0.500. The summed E-state index contributed by atoms with van der Waals surface area (Å²) in [6.07, 6.45) is -0.712. The summed E-state index contributed by atoms with van der Waals surface area (Å²) >= 11 is 0. The summed E-state index contributed by atoms with van der Waals surface area (Å²) in [5.74, 6) is 0.130. The zero-order valence-electron chi connectivity index (χ0n) is 18.5. The normalized spacial score (nSPS) is 13.1. The first kappa shape index (κ1) is 22.5. The van der Waals surface area contributed by atoms with E-state index in [-0.39, 0.29) is 23.8 Å². The Kier molecular flexibility index (Phi) is 7.42. The van der Waals surface area contributed by atoms with E-state index < -0.39 is 6.10 Å². The minimum atomic E-state index is -0.712. The van der Waals surface area contributed by atoms with Gasteiger partial charge in [0.2, 0.25) is 6.10 Å². The predicted molar refractivity (Wildman–Crippen MR) is 116 cm³/mol. The number of nitrogens with two attached hydrogens (primary N) is 1. The number of carbonyl (C=O) groups is 1. The molecule has 0 aliphatic rings. The van der Waals surface area contributed by atoms with E-state index in [0.717, 1.165) is 22.5 Å². The van der Waals surface area contributed by atoms with Crippen molar-refractivity contribution in [3.8, 4) is 0 Å². The van der Waals surface area contributed by atoms with Gasteiger partial charge in [0.25, 0.3) is 5.91 Å². The van der Waals surface area contributed by atoms with Crippen LogP contribution in [0.15, 0.2) is 35.5 Å². The quantitative estimate of drug-likeness (QED) is 0.419. The first-order chi connectivity index (χ1) is 13.6. The predicted octanol–water partition coefficient (Wildman–Crippen LogP) is 3.22. The summed E-state index contributed by atoms with van der Waals surface area (Å²) in [7, 11) is 0. The lowest BCUT2D eigenvalue weighted by atomic mass is 10.1. The summed E-state index contributed by atoms with van der Waals surface area (Å²) in [5, 5.41) is 8.50. The van der Waals surface area contributed by atoms with Crippen LogP contribution in [-0.2, 0) is 16.2 Å². The molecule has 0 spiro atoms. The van der Waals surface area contributed by atoms with E-state index in [4.69, 9.17) is 10.6 Å². The molecular weight excluding hydrogens is 366 g/mol. The summed E-state index contributed by atoms with van der Waals surface area (Å²) in [4.78, 5) is 19.9. The van der Waals surface area contributed by atoms with Gasteiger partial charge in [-0.25, -0.2) is 0 Å². The van der Waals surface area contributed by atoms with Crippen LogP contribution in [0.5, 0.6) is 0 Å². The SMILES string of the molecule is Cc1cc(C)n(Cc2cccc(C(N)=NOC(C)C(=O)N(C(C)C)C(C)C)c2)n1. The molecule has 7 heteroatoms. The molecular formula is C22H33N5O2. The Hall–Kier alpha value is -2.83. The lowest BCUT2D eigenvalue weighted by Gasteiger charge is -2.32. The standard InChI is InChI=1S/C22H33N5O2/c1-14(2)27(15(3)4)22(28)18(7)29-25-21(23)20-10-8-9-19(12-20)13-26-17(6)11-16(5)24-26/h8-12,14-15,18H,13H2,1-7H3,(H2,23,25). The van der Waals surface area contributed by atoms with Crippen LogP contribution in [0.3, 0.4) is 0 Å². The van der Waals surface area contributed by atoms with Crippen LogP contribution in [0.4, 0.5) is 0 Å². The molecule has 158 valence electrons. The van der Waals surface area contributed by atoms with Crippen molar-refractivity contribution in [3.05, 3.63) is 52.8 Å². The molecule has 1 unspecified atom stereocenters. The molecule has 0 saturated heterocycles. The van der Waals surface area contributed by atoms with Crippen molar-refractivity contribution in [2.75, 3.05) is 0 Å². The Balaban J connectivity index is 2.09. The number of hydrogen-bond donors (Lipinski definition) is 1. The molecule has 29 heavy (non-hydrogen) atoms. The first-order valence-corrected chi connectivity index (χ1v) is 10.0. The van der Waals surface area contributed by atoms with Gasteiger partial charge in [0.1, 0.15) is 0 Å². The van der Waals surface area contributed by atoms with Gasteiger partial charge in [-0.1, -0.05) is 23.4 Å². The Bertz CT molecular complexity index is 862. The van der Waals surface area contributed by atoms with E-state index >= 15 is 0 Å². The molecule has 2 rings (SSSR count). The number of hydrogen-bond acceptors (Lipinski definition) is 4. The molecule has 0 fully saturated rings. The molecule has 0 radical (unpaired) electrons. The van der Waals surface area contributed by atoms with E-state index in [9.17, 15) is 4.79 Å². The fourth-order valence-corrected chi connectivity index (χ4v) is 3.39. The second-order valence-corrected chi connectivity index (χ2v) is 7.94. The molecule has 1 heterocycles. The van der Waals surface area contributed by atoms with E-state index in [1.807, 2.05) is 76.6 Å².